The molecule has 5 unspecified atom stereocenters. The van der Waals surface area contributed by atoms with Crippen LogP contribution in [0.3, 0.4) is 0 Å². The van der Waals surface area contributed by atoms with Gasteiger partial charge in [-0.25, -0.2) is 4.79 Å². The van der Waals surface area contributed by atoms with Gasteiger partial charge in [-0.3, -0.25) is 14.9 Å². The molecule has 0 aliphatic carbocycles. The minimum absolute atomic E-state index is 0.114. The van der Waals surface area contributed by atoms with Gasteiger partial charge < -0.3 is 39.9 Å². The van der Waals surface area contributed by atoms with Crippen LogP contribution in [0.15, 0.2) is 17.7 Å². The van der Waals surface area contributed by atoms with Crippen LogP contribution in [0.4, 0.5) is 5.69 Å². The average Bonchev–Trinajstić information content (AvgIpc) is 2.79. The molecule has 1 aromatic rings. The topological polar surface area (TPSA) is 224 Å². The van der Waals surface area contributed by atoms with E-state index in [2.05, 4.69) is 0 Å². The van der Waals surface area contributed by atoms with Crippen molar-refractivity contribution in [1.29, 1.82) is 5.26 Å². The molecule has 0 bridgehead atoms. The molecule has 1 aliphatic rings. The molecule has 0 saturated carbocycles. The molecule has 1 heterocycles. The lowest BCUT2D eigenvalue weighted by Crippen LogP contribution is -2.61. The highest BCUT2D eigenvalue weighted by Gasteiger charge is 2.48. The summed E-state index contributed by atoms with van der Waals surface area (Å²) in [7, 11) is 0. The van der Waals surface area contributed by atoms with Crippen LogP contribution in [0.25, 0.3) is 6.08 Å². The Bertz CT molecular complexity index is 1030. The number of likely N-dealkylation sites (N-methyl/N-ethyl adjacent to an activating group) is 1. The molecule has 1 aliphatic heterocycles. The van der Waals surface area contributed by atoms with Crippen LogP contribution in [0.5, 0.6) is 11.5 Å². The molecular weight excluding hydrogens is 458 g/mol. The van der Waals surface area contributed by atoms with Crippen molar-refractivity contribution in [3.05, 3.63) is 33.4 Å². The Morgan fingerprint density at radius 3 is 2.35 bits per heavy atom. The molecule has 0 radical (unpaired) electrons. The van der Waals surface area contributed by atoms with E-state index in [1.807, 2.05) is 0 Å². The van der Waals surface area contributed by atoms with Crippen LogP contribution < -0.4 is 4.74 Å². The maximum atomic E-state index is 12.5. The average molecular weight is 481 g/mol. The summed E-state index contributed by atoms with van der Waals surface area (Å²) < 4.78 is 10.2. The van der Waals surface area contributed by atoms with Gasteiger partial charge >= 0.3 is 11.7 Å². The fourth-order valence-electron chi connectivity index (χ4n) is 3.19. The molecule has 34 heavy (non-hydrogen) atoms. The zero-order chi connectivity index (χ0) is 25.7. The van der Waals surface area contributed by atoms with Crippen molar-refractivity contribution in [1.82, 2.24) is 4.90 Å². The van der Waals surface area contributed by atoms with Crippen LogP contribution in [0.1, 0.15) is 19.4 Å². The van der Waals surface area contributed by atoms with Gasteiger partial charge in [-0.15, -0.1) is 0 Å². The number of ether oxygens (including phenoxy) is 2. The standard InChI is InChI=1S/C20H23N3O11/c1-3-22(4-2)18(28)10(8-21)5-9-6-11(23(31)32)13(24)12(7-9)33-20-16(27)14(25)15(26)17(34-20)19(29)30/h5-7,14-17,20,24-27H,3-4H2,1-2H3,(H,29,30). The molecule has 14 heteroatoms. The van der Waals surface area contributed by atoms with Crippen LogP contribution >= 0.6 is 0 Å². The molecular formula is C20H23N3O11. The van der Waals surface area contributed by atoms with E-state index < -0.39 is 64.7 Å². The number of nitriles is 1. The van der Waals surface area contributed by atoms with E-state index in [9.17, 15) is 45.4 Å². The second-order valence-electron chi connectivity index (χ2n) is 7.14. The Labute approximate surface area is 192 Å². The number of phenolic OH excluding ortho intramolecular Hbond substituents is 1. The minimum Gasteiger partial charge on any atom is -0.500 e. The Morgan fingerprint density at radius 2 is 1.85 bits per heavy atom. The molecule has 5 atom stereocenters. The normalized spacial score (nSPS) is 24.7. The molecule has 184 valence electrons. The summed E-state index contributed by atoms with van der Waals surface area (Å²) in [6.07, 6.45) is -8.97. The number of amides is 1. The number of aliphatic hydroxyl groups is 3. The Morgan fingerprint density at radius 1 is 1.24 bits per heavy atom. The van der Waals surface area contributed by atoms with Crippen molar-refractivity contribution in [2.24, 2.45) is 0 Å². The Hall–Kier alpha value is -3.77. The van der Waals surface area contributed by atoms with Gasteiger partial charge in [-0.2, -0.15) is 5.26 Å². The number of aliphatic carboxylic acids is 1. The molecule has 1 amide bonds. The summed E-state index contributed by atoms with van der Waals surface area (Å²) in [6.45, 7) is 3.99. The van der Waals surface area contributed by atoms with E-state index >= 15 is 0 Å². The Kier molecular flexibility index (Phi) is 8.49. The van der Waals surface area contributed by atoms with Gasteiger partial charge in [0.1, 0.15) is 30.0 Å². The number of hydrogen-bond acceptors (Lipinski definition) is 11. The van der Waals surface area contributed by atoms with Crippen molar-refractivity contribution in [3.8, 4) is 17.6 Å². The first-order chi connectivity index (χ1) is 16.0. The van der Waals surface area contributed by atoms with Gasteiger partial charge in [0.15, 0.2) is 11.9 Å². The first-order valence-corrected chi connectivity index (χ1v) is 9.98. The third-order valence-electron chi connectivity index (χ3n) is 5.04. The largest absolute Gasteiger partial charge is 0.500 e. The van der Waals surface area contributed by atoms with Crippen LogP contribution in [0, 0.1) is 21.4 Å². The fraction of sp³-hybridized carbons (Fsp3) is 0.450. The summed E-state index contributed by atoms with van der Waals surface area (Å²) in [5.41, 5.74) is -1.37. The maximum absolute atomic E-state index is 12.5. The third kappa shape index (κ3) is 5.41. The van der Waals surface area contributed by atoms with Gasteiger partial charge in [-0.05, 0) is 31.6 Å². The highest BCUT2D eigenvalue weighted by Crippen LogP contribution is 2.39. The van der Waals surface area contributed by atoms with E-state index in [1.54, 1.807) is 19.9 Å². The lowest BCUT2D eigenvalue weighted by Gasteiger charge is -2.38. The van der Waals surface area contributed by atoms with Crippen LogP contribution in [0.2, 0.25) is 0 Å². The number of nitro groups is 1. The van der Waals surface area contributed by atoms with Crippen molar-refractivity contribution in [2.45, 2.75) is 44.6 Å². The smallest absolute Gasteiger partial charge is 0.335 e. The highest BCUT2D eigenvalue weighted by molar-refractivity contribution is 6.01. The number of carbonyl (C=O) groups is 2. The summed E-state index contributed by atoms with van der Waals surface area (Å²) >= 11 is 0. The van der Waals surface area contributed by atoms with Gasteiger partial charge in [0.25, 0.3) is 5.91 Å². The summed E-state index contributed by atoms with van der Waals surface area (Å²) in [5.74, 6) is -4.03. The zero-order valence-corrected chi connectivity index (χ0v) is 18.1. The van der Waals surface area contributed by atoms with Crippen LogP contribution in [-0.2, 0) is 14.3 Å². The first kappa shape index (κ1) is 26.5. The second kappa shape index (κ2) is 10.9. The fourth-order valence-corrected chi connectivity index (χ4v) is 3.19. The number of rotatable bonds is 8. The number of nitrogens with zero attached hydrogens (tertiary/aromatic N) is 3. The number of carbonyl (C=O) groups excluding carboxylic acids is 1. The van der Waals surface area contributed by atoms with E-state index in [0.29, 0.717) is 13.1 Å². The van der Waals surface area contributed by atoms with Gasteiger partial charge in [-0.1, -0.05) is 0 Å². The predicted molar refractivity (Wildman–Crippen MR) is 111 cm³/mol. The van der Waals surface area contributed by atoms with E-state index in [1.165, 1.54) is 4.90 Å². The minimum atomic E-state index is -2.02. The van der Waals surface area contributed by atoms with Crippen molar-refractivity contribution in [2.75, 3.05) is 13.1 Å². The SMILES string of the molecule is CCN(CC)C(=O)C(C#N)=Cc1cc(OC2OC(C(=O)O)C(O)C(O)C2O)c(O)c([N+](=O)[O-])c1. The summed E-state index contributed by atoms with van der Waals surface area (Å²) in [5, 5.41) is 70.0. The van der Waals surface area contributed by atoms with Crippen molar-refractivity contribution >= 4 is 23.6 Å². The van der Waals surface area contributed by atoms with E-state index in [-0.39, 0.29) is 11.1 Å². The molecule has 1 saturated heterocycles. The molecule has 5 N–H and O–H groups in total. The quantitative estimate of drug-likeness (QED) is 0.135. The van der Waals surface area contributed by atoms with Crippen LogP contribution in [-0.4, -0.2) is 91.0 Å². The van der Waals surface area contributed by atoms with E-state index in [0.717, 1.165) is 18.2 Å². The number of aromatic hydroxyl groups is 1. The molecule has 0 spiro atoms. The third-order valence-corrected chi connectivity index (χ3v) is 5.04. The highest BCUT2D eigenvalue weighted by atomic mass is 16.7. The van der Waals surface area contributed by atoms with Crippen molar-refractivity contribution in [3.63, 3.8) is 0 Å². The number of carboxylic acids is 1. The van der Waals surface area contributed by atoms with Gasteiger partial charge in [0, 0.05) is 19.2 Å². The molecule has 1 fully saturated rings. The summed E-state index contributed by atoms with van der Waals surface area (Å²) in [6, 6.07) is 3.56. The van der Waals surface area contributed by atoms with Crippen molar-refractivity contribution < 1.29 is 49.5 Å². The molecule has 2 rings (SSSR count). The number of phenols is 1. The lowest BCUT2D eigenvalue weighted by atomic mass is 9.99. The summed E-state index contributed by atoms with van der Waals surface area (Å²) in [4.78, 5) is 35.5. The molecule has 14 nitrogen and oxygen atoms in total. The number of aliphatic hydroxyl groups excluding tert-OH is 3. The molecule has 1 aromatic carbocycles. The first-order valence-electron chi connectivity index (χ1n) is 9.98. The number of nitro benzene ring substituents is 1. The zero-order valence-electron chi connectivity index (χ0n) is 18.1. The van der Waals surface area contributed by atoms with Gasteiger partial charge in [0.2, 0.25) is 12.0 Å². The lowest BCUT2D eigenvalue weighted by molar-refractivity contribution is -0.386. The number of hydrogen-bond donors (Lipinski definition) is 5. The van der Waals surface area contributed by atoms with E-state index in [4.69, 9.17) is 14.6 Å². The number of benzene rings is 1. The second-order valence-corrected chi connectivity index (χ2v) is 7.14. The monoisotopic (exact) mass is 481 g/mol. The Balaban J connectivity index is 2.51. The maximum Gasteiger partial charge on any atom is 0.335 e. The predicted octanol–water partition coefficient (Wildman–Crippen LogP) is -0.653. The number of carboxylic acid groups (broad SMARTS) is 1. The molecule has 0 aromatic heterocycles. The van der Waals surface area contributed by atoms with Gasteiger partial charge in [0.05, 0.1) is 4.92 Å².